The van der Waals surface area contributed by atoms with Crippen molar-refractivity contribution in [2.75, 3.05) is 0 Å². The van der Waals surface area contributed by atoms with Crippen LogP contribution in [0.5, 0.6) is 0 Å². The average Bonchev–Trinajstić information content (AvgIpc) is 3.58. The van der Waals surface area contributed by atoms with E-state index in [-0.39, 0.29) is 0 Å². The van der Waals surface area contributed by atoms with Crippen molar-refractivity contribution >= 4 is 47.5 Å². The van der Waals surface area contributed by atoms with Crippen LogP contribution in [0.4, 0.5) is 0 Å². The minimum Gasteiger partial charge on any atom is -0.387 e. The van der Waals surface area contributed by atoms with Gasteiger partial charge in [-0.2, -0.15) is 0 Å². The van der Waals surface area contributed by atoms with E-state index in [1.54, 1.807) is 0 Å². The highest BCUT2D eigenvalue weighted by atomic mass is 32.1. The van der Waals surface area contributed by atoms with E-state index in [1.807, 2.05) is 8.93 Å². The predicted octanol–water partition coefficient (Wildman–Crippen LogP) is -12.5. The summed E-state index contributed by atoms with van der Waals surface area (Å²) in [5, 5.41) is 192. The van der Waals surface area contributed by atoms with Crippen LogP contribution in [-0.2, 0) is 68.1 Å². The molecule has 27 atom stereocenters. The fourth-order valence-electron chi connectivity index (χ4n) is 8.83. The normalized spacial score (nSPS) is 60.3. The molecule has 5 heterocycles. The Morgan fingerprint density at radius 2 is 0.320 bits per heavy atom. The third kappa shape index (κ3) is 13.4. The molecule has 5 aliphatic heterocycles. The highest BCUT2D eigenvalue weighted by Gasteiger charge is 2.63. The lowest BCUT2D eigenvalue weighted by molar-refractivity contribution is -0.239. The van der Waals surface area contributed by atoms with Crippen LogP contribution in [0.25, 0.3) is 0 Å². The molecule has 45 heteroatoms. The van der Waals surface area contributed by atoms with Crippen molar-refractivity contribution < 1.29 is 190 Å². The number of hydrogen-bond acceptors (Lipinski definition) is 35. The smallest absolute Gasteiger partial charge is 0.387 e. The average molecular weight is 1230 g/mol. The minimum absolute atomic E-state index is 1.22. The summed E-state index contributed by atoms with van der Waals surface area (Å²) in [6.45, 7) is 0. The zero-order valence-corrected chi connectivity index (χ0v) is 42.6. The number of rotatable bonds is 0. The highest BCUT2D eigenvalue weighted by Crippen LogP contribution is 2.63. The summed E-state index contributed by atoms with van der Waals surface area (Å²) in [5.41, 5.74) is 0. The van der Waals surface area contributed by atoms with Gasteiger partial charge in [-0.3, -0.25) is 49.8 Å². The third-order valence-corrected chi connectivity index (χ3v) is 18.7. The van der Waals surface area contributed by atoms with E-state index in [1.165, 1.54) is 0 Å². The first kappa shape index (κ1) is 64.4. The Morgan fingerprint density at radius 1 is 0.200 bits per heavy atom. The van der Waals surface area contributed by atoms with Crippen LogP contribution in [0.1, 0.15) is 0 Å². The van der Waals surface area contributed by atoms with Gasteiger partial charge in [0.25, 0.3) is 0 Å². The van der Waals surface area contributed by atoms with Crippen LogP contribution in [0.3, 0.4) is 0 Å². The second kappa shape index (κ2) is 23.5. The second-order valence-electron chi connectivity index (χ2n) is 17.9. The molecule has 0 aromatic rings. The summed E-state index contributed by atoms with van der Waals surface area (Å²) < 4.78 is 105. The van der Waals surface area contributed by atoms with Gasteiger partial charge in [0, 0.05) is 0 Å². The number of fused-ring (bicyclic) bond motifs is 9. The van der Waals surface area contributed by atoms with E-state index in [4.69, 9.17) is 18.8 Å². The molecular weight excluding hydrogens is 1170 g/mol. The van der Waals surface area contributed by atoms with Crippen LogP contribution in [0.15, 0.2) is 0 Å². The van der Waals surface area contributed by atoms with E-state index in [2.05, 4.69) is 36.2 Å². The number of phosphoric ester groups is 4. The minimum atomic E-state index is -5.40. The van der Waals surface area contributed by atoms with Gasteiger partial charge in [0.1, 0.15) is 183 Å². The van der Waals surface area contributed by atoms with Gasteiger partial charge in [-0.15, -0.1) is 0 Å². The van der Waals surface area contributed by atoms with Crippen molar-refractivity contribution in [3.05, 3.63) is 0 Å². The molecule has 39 nitrogen and oxygen atoms in total. The molecule has 24 N–H and O–H groups in total. The van der Waals surface area contributed by atoms with Crippen molar-refractivity contribution in [1.29, 1.82) is 0 Å². The van der Waals surface area contributed by atoms with Crippen LogP contribution in [-0.4, -0.2) is 305 Å². The van der Waals surface area contributed by atoms with E-state index in [9.17, 15) is 135 Å². The molecule has 4 bridgehead atoms. The van der Waals surface area contributed by atoms with E-state index in [0.717, 1.165) is 0 Å². The summed E-state index contributed by atoms with van der Waals surface area (Å²) in [5.74, 6) is 0. The monoisotopic (exact) mass is 1230 g/mol. The molecule has 440 valence electrons. The topological polar surface area (TPSA) is 663 Å². The maximum Gasteiger partial charge on any atom is 0.473 e. The summed E-state index contributed by atoms with van der Waals surface area (Å²) in [6, 6.07) is 0. The first-order valence-electron chi connectivity index (χ1n) is 21.3. The molecule has 27 unspecified atom stereocenters. The fraction of sp³-hybridized carbons (Fsp3) is 1.00. The molecule has 0 amide bonds. The summed E-state index contributed by atoms with van der Waals surface area (Å²) >= 11 is 0. The van der Waals surface area contributed by atoms with Gasteiger partial charge in [0.05, 0.1) is 0 Å². The lowest BCUT2D eigenvalue weighted by Crippen LogP contribution is -2.66. The van der Waals surface area contributed by atoms with Gasteiger partial charge >= 0.3 is 38.6 Å². The van der Waals surface area contributed by atoms with Crippen LogP contribution in [0, 0.1) is 0 Å². The van der Waals surface area contributed by atoms with Crippen LogP contribution >= 0.6 is 47.5 Å². The first-order chi connectivity index (χ1) is 34.2. The van der Waals surface area contributed by atoms with Crippen molar-refractivity contribution in [3.8, 4) is 0 Å². The molecule has 75 heavy (non-hydrogen) atoms. The van der Waals surface area contributed by atoms with Crippen LogP contribution < -0.4 is 0 Å². The zero-order chi connectivity index (χ0) is 56.9. The Bertz CT molecular complexity index is 2010. The Labute approximate surface area is 419 Å². The van der Waals surface area contributed by atoms with E-state index in [0.29, 0.717) is 0 Å². The van der Waals surface area contributed by atoms with Crippen molar-refractivity contribution in [2.45, 2.75) is 183 Å². The van der Waals surface area contributed by atoms with Gasteiger partial charge in [0.15, 0.2) is 0 Å². The highest BCUT2D eigenvalue weighted by molar-refractivity contribution is 8.12. The molecule has 0 aromatic carbocycles. The standard InChI is InChI=1S/C12H22O16P2.2C6H11O8P.C6H12O7P2/c13-1-2(14)6(18)10-9(5(1)17)25-29(21,22)27-11-7(19)3(15)4(16)8(20)12(11)28-30(23,24)26-10;7-1-2(8)6-4(10)3(9)5(1)13-15(11,12)14-6;7-1-2(8)4(10)6-5(3(1)9)13-15(11,12)14-6;7-1-2(8)5-4(10)6(3(1)9)13-15(11,14)12-5/h1-20H,(H,21,22)(H,23,24);2*1-10H,(H,11,12);1-10H,14H2. The number of phosphoric acid groups is 4. The van der Waals surface area contributed by atoms with Crippen molar-refractivity contribution in [1.82, 2.24) is 0 Å². The van der Waals surface area contributed by atoms with Gasteiger partial charge in [-0.1, -0.05) is 0 Å². The first-order valence-corrected chi connectivity index (χ1v) is 30.5. The number of aliphatic hydroxyl groups excluding tert-OH is 20. The van der Waals surface area contributed by atoms with E-state index >= 15 is 0 Å². The molecule has 5 saturated heterocycles. The van der Waals surface area contributed by atoms with Crippen molar-refractivity contribution in [2.24, 2.45) is 0 Å². The summed E-state index contributed by atoms with van der Waals surface area (Å²) in [7, 11) is -21.2. The van der Waals surface area contributed by atoms with Gasteiger partial charge in [0.2, 0.25) is 0 Å². The zero-order valence-electron chi connectivity index (χ0n) is 37.0. The fourth-order valence-corrected chi connectivity index (χ4v) is 15.5. The molecule has 0 aromatic heterocycles. The lowest BCUT2D eigenvalue weighted by Gasteiger charge is -2.47. The Balaban J connectivity index is 0.000000173. The molecule has 10 rings (SSSR count). The van der Waals surface area contributed by atoms with Gasteiger partial charge < -0.3 is 122 Å². The predicted molar refractivity (Wildman–Crippen MR) is 225 cm³/mol. The van der Waals surface area contributed by atoms with Crippen LogP contribution in [0.2, 0.25) is 0 Å². The van der Waals surface area contributed by atoms with Gasteiger partial charge in [-0.25, -0.2) is 18.3 Å². The number of hydrogen-bond donors (Lipinski definition) is 24. The molecule has 5 saturated carbocycles. The molecule has 0 radical (unpaired) electrons. The van der Waals surface area contributed by atoms with E-state index < -0.39 is 222 Å². The maximum atomic E-state index is 12.4. The van der Waals surface area contributed by atoms with Crippen molar-refractivity contribution in [3.63, 3.8) is 0 Å². The SMILES string of the molecule is O=P1(O)OC2C(O)C(O)C(O)C(O)C2O1.O=P1(O)OC2C(O)C(O)C(O)C(O)C2OP(=O)(O)OC2C(O)C(O)C(O)C(O)C2O1.O=P1(O)OC2C(O)C(O)C(O1)C(O)C2O.O=P1(P)OC2C(O)C(O)C(O)C(O1)C2O. The van der Waals surface area contributed by atoms with Gasteiger partial charge in [-0.05, 0) is 8.93 Å². The largest absolute Gasteiger partial charge is 0.473 e. The summed E-state index contributed by atoms with van der Waals surface area (Å²) in [4.78, 5) is 38.1. The molecule has 10 fully saturated rings. The molecular formula is C30H56O39P6. The Morgan fingerprint density at radius 3 is 0.507 bits per heavy atom. The quantitative estimate of drug-likeness (QED) is 0.100. The molecule has 10 aliphatic rings. The number of aliphatic hydroxyl groups is 20. The molecule has 5 aliphatic carbocycles. The molecule has 0 spiro atoms. The lowest BCUT2D eigenvalue weighted by atomic mass is 9.85. The second-order valence-corrected chi connectivity index (χ2v) is 26.8. The summed E-state index contributed by atoms with van der Waals surface area (Å²) in [6.07, 6.45) is -53.2. The maximum absolute atomic E-state index is 12.4. The third-order valence-electron chi connectivity index (χ3n) is 12.8. The Kier molecular flexibility index (Phi) is 20.1. The Hall–Kier alpha value is 0.220.